The molecule has 0 aliphatic heterocycles. The van der Waals surface area contributed by atoms with Crippen LogP contribution in [0.15, 0.2) is 0 Å². The van der Waals surface area contributed by atoms with Crippen molar-refractivity contribution in [3.05, 3.63) is 0 Å². The van der Waals surface area contributed by atoms with Crippen LogP contribution >= 0.6 is 0 Å². The third-order valence-corrected chi connectivity index (χ3v) is 0.983. The zero-order chi connectivity index (χ0) is 9.66. The van der Waals surface area contributed by atoms with Gasteiger partial charge < -0.3 is 20.4 Å². The van der Waals surface area contributed by atoms with Crippen LogP contribution in [-0.4, -0.2) is 54.9 Å². The molecule has 0 saturated heterocycles. The van der Waals surface area contributed by atoms with E-state index in [2.05, 4.69) is 18.9 Å². The second-order valence-corrected chi connectivity index (χ2v) is 1.97. The Hall–Kier alpha value is 0.437. The van der Waals surface area contributed by atoms with Gasteiger partial charge in [-0.3, -0.25) is 0 Å². The largest absolute Gasteiger partial charge is 1.00 e. The molecule has 78 valence electrons. The summed E-state index contributed by atoms with van der Waals surface area (Å²) >= 11 is 0. The molecule has 0 aliphatic rings. The van der Waals surface area contributed by atoms with Crippen molar-refractivity contribution in [2.45, 2.75) is 0 Å². The second kappa shape index (κ2) is 22.9. The smallest absolute Gasteiger partial charge is 1.00 e. The summed E-state index contributed by atoms with van der Waals surface area (Å²) in [6.07, 6.45) is 0. The number of hydrogen-bond donors (Lipinski definition) is 0. The minimum absolute atomic E-state index is 0. The molecule has 13 heavy (non-hydrogen) atoms. The molecule has 0 amide bonds. The maximum atomic E-state index is 4.66. The Labute approximate surface area is 94.5 Å². The van der Waals surface area contributed by atoms with Crippen LogP contribution in [0, 0.1) is 0 Å². The first-order valence-corrected chi connectivity index (χ1v) is 3.79. The van der Waals surface area contributed by atoms with E-state index in [0.29, 0.717) is 26.4 Å². The Morgan fingerprint density at radius 3 is 0.846 bits per heavy atom. The van der Waals surface area contributed by atoms with Crippen molar-refractivity contribution >= 4 is 0 Å². The fraction of sp³-hybridized carbons (Fsp3) is 1.00. The van der Waals surface area contributed by atoms with E-state index < -0.39 is 0 Å². The fourth-order valence-electron chi connectivity index (χ4n) is 0.333. The Balaban J connectivity index is -0.0000000625. The minimum Gasteiger partial charge on any atom is -1.00 e. The fourth-order valence-corrected chi connectivity index (χ4v) is 0.333. The summed E-state index contributed by atoms with van der Waals surface area (Å²) in [6, 6.07) is 0. The van der Waals surface area contributed by atoms with Crippen molar-refractivity contribution in [3.8, 4) is 0 Å². The number of methoxy groups -OCH3 is 4. The van der Waals surface area contributed by atoms with Gasteiger partial charge >= 0.3 is 18.9 Å². The third-order valence-electron chi connectivity index (χ3n) is 0.983. The molecule has 0 fully saturated rings. The summed E-state index contributed by atoms with van der Waals surface area (Å²) in [5, 5.41) is 0. The van der Waals surface area contributed by atoms with Gasteiger partial charge in [-0.1, -0.05) is 0 Å². The van der Waals surface area contributed by atoms with E-state index in [1.165, 1.54) is 0 Å². The van der Waals surface area contributed by atoms with Crippen LogP contribution in [0.4, 0.5) is 0 Å². The van der Waals surface area contributed by atoms with Crippen LogP contribution in [-0.2, 0) is 18.9 Å². The average Bonchev–Trinajstić information content (AvgIpc) is 2.12. The first-order valence-electron chi connectivity index (χ1n) is 3.79. The topological polar surface area (TPSA) is 36.9 Å². The van der Waals surface area contributed by atoms with Gasteiger partial charge in [0.1, 0.15) is 0 Å². The van der Waals surface area contributed by atoms with E-state index in [1.54, 1.807) is 28.4 Å². The van der Waals surface area contributed by atoms with Gasteiger partial charge in [-0.2, -0.15) is 0 Å². The molecule has 0 aromatic carbocycles. The number of hydrogen-bond acceptors (Lipinski definition) is 4. The molecule has 0 bridgehead atoms. The Bertz CT molecular complexity index is 53.3. The standard InChI is InChI=1S/2C4H10O2.Li.H/c2*1-5-3-4-6-2;;/h2*3-4H2,1-2H3;;/q;;+1;-1. The van der Waals surface area contributed by atoms with E-state index >= 15 is 0 Å². The predicted molar refractivity (Wildman–Crippen MR) is 48.6 cm³/mol. The minimum atomic E-state index is 0. The molecule has 0 aromatic rings. The van der Waals surface area contributed by atoms with Crippen LogP contribution < -0.4 is 18.9 Å². The van der Waals surface area contributed by atoms with E-state index in [1.807, 2.05) is 0 Å². The molecule has 5 heteroatoms. The van der Waals surface area contributed by atoms with Crippen LogP contribution in [0.25, 0.3) is 0 Å². The molecular formula is C8H21LiO4. The van der Waals surface area contributed by atoms with Gasteiger partial charge in [0.25, 0.3) is 0 Å². The van der Waals surface area contributed by atoms with Crippen LogP contribution in [0.1, 0.15) is 1.43 Å². The average molecular weight is 188 g/mol. The molecule has 0 heterocycles. The van der Waals surface area contributed by atoms with Crippen molar-refractivity contribution in [1.82, 2.24) is 0 Å². The monoisotopic (exact) mass is 188 g/mol. The molecule has 4 nitrogen and oxygen atoms in total. The van der Waals surface area contributed by atoms with E-state index in [4.69, 9.17) is 0 Å². The van der Waals surface area contributed by atoms with E-state index in [9.17, 15) is 0 Å². The summed E-state index contributed by atoms with van der Waals surface area (Å²) in [5.41, 5.74) is 0. The Kier molecular flexibility index (Phi) is 33.5. The quantitative estimate of drug-likeness (QED) is 0.346. The molecule has 0 saturated carbocycles. The molecule has 0 aromatic heterocycles. The van der Waals surface area contributed by atoms with Crippen LogP contribution in [0.3, 0.4) is 0 Å². The van der Waals surface area contributed by atoms with Gasteiger partial charge in [-0.05, 0) is 0 Å². The normalized spacial score (nSPS) is 8.31. The molecule has 0 radical (unpaired) electrons. The second-order valence-electron chi connectivity index (χ2n) is 1.97. The van der Waals surface area contributed by atoms with Crippen molar-refractivity contribution in [2.24, 2.45) is 0 Å². The van der Waals surface area contributed by atoms with Gasteiger partial charge in [-0.25, -0.2) is 0 Å². The van der Waals surface area contributed by atoms with Gasteiger partial charge in [0.15, 0.2) is 0 Å². The molecule has 0 aliphatic carbocycles. The van der Waals surface area contributed by atoms with Crippen molar-refractivity contribution < 1.29 is 39.2 Å². The first-order chi connectivity index (χ1) is 5.83. The molecule has 0 N–H and O–H groups in total. The summed E-state index contributed by atoms with van der Waals surface area (Å²) < 4.78 is 18.6. The predicted octanol–water partition coefficient (Wildman–Crippen LogP) is -2.33. The summed E-state index contributed by atoms with van der Waals surface area (Å²) in [4.78, 5) is 0. The van der Waals surface area contributed by atoms with Crippen LogP contribution in [0.2, 0.25) is 0 Å². The molecular weight excluding hydrogens is 167 g/mol. The third kappa shape index (κ3) is 32.7. The van der Waals surface area contributed by atoms with E-state index in [-0.39, 0.29) is 20.3 Å². The summed E-state index contributed by atoms with van der Waals surface area (Å²) in [7, 11) is 6.61. The maximum absolute atomic E-state index is 4.66. The SMILES string of the molecule is COCCOC.COCCOC.[H-].[Li+]. The van der Waals surface area contributed by atoms with E-state index in [0.717, 1.165) is 0 Å². The van der Waals surface area contributed by atoms with Gasteiger partial charge in [0, 0.05) is 28.4 Å². The summed E-state index contributed by atoms with van der Waals surface area (Å²) in [6.45, 7) is 2.76. The Morgan fingerprint density at radius 2 is 0.769 bits per heavy atom. The van der Waals surface area contributed by atoms with Gasteiger partial charge in [0.2, 0.25) is 0 Å². The van der Waals surface area contributed by atoms with Crippen LogP contribution in [0.5, 0.6) is 0 Å². The molecule has 0 unspecified atom stereocenters. The van der Waals surface area contributed by atoms with Gasteiger partial charge in [-0.15, -0.1) is 0 Å². The zero-order valence-electron chi connectivity index (χ0n) is 10.5. The Morgan fingerprint density at radius 1 is 0.615 bits per heavy atom. The van der Waals surface area contributed by atoms with Crippen molar-refractivity contribution in [3.63, 3.8) is 0 Å². The summed E-state index contributed by atoms with van der Waals surface area (Å²) in [5.74, 6) is 0. The van der Waals surface area contributed by atoms with Crippen molar-refractivity contribution in [2.75, 3.05) is 54.9 Å². The molecule has 0 rings (SSSR count). The first kappa shape index (κ1) is 19.1. The zero-order valence-corrected chi connectivity index (χ0v) is 9.46. The van der Waals surface area contributed by atoms with Gasteiger partial charge in [0.05, 0.1) is 26.4 Å². The number of ether oxygens (including phenoxy) is 4. The number of rotatable bonds is 6. The molecule has 0 atom stereocenters. The molecule has 0 spiro atoms. The maximum Gasteiger partial charge on any atom is 1.00 e. The van der Waals surface area contributed by atoms with Crippen molar-refractivity contribution in [1.29, 1.82) is 0 Å².